The van der Waals surface area contributed by atoms with Crippen molar-refractivity contribution in [3.63, 3.8) is 0 Å². The van der Waals surface area contributed by atoms with Crippen LogP contribution in [0, 0.1) is 11.3 Å². The topological polar surface area (TPSA) is 72.2 Å². The number of rotatable bonds is 3. The minimum absolute atomic E-state index is 0.00141. The fraction of sp³-hybridized carbons (Fsp3) is 0.667. The fourth-order valence-corrected chi connectivity index (χ4v) is 3.90. The Balaban J connectivity index is 1.63. The van der Waals surface area contributed by atoms with Gasteiger partial charge in [0.25, 0.3) is 0 Å². The van der Waals surface area contributed by atoms with Gasteiger partial charge in [0.05, 0.1) is 11.7 Å². The first-order chi connectivity index (χ1) is 12.4. The maximum absolute atomic E-state index is 12.9. The van der Waals surface area contributed by atoms with Crippen molar-refractivity contribution in [2.24, 2.45) is 0 Å². The second kappa shape index (κ2) is 7.80. The lowest BCUT2D eigenvalue weighted by atomic mass is 9.89. The molecule has 2 N–H and O–H groups in total. The fourth-order valence-electron chi connectivity index (χ4n) is 3.90. The SMILES string of the molecule is N#Cc1ccc(C(F)(F)F)nc1NC1CCN(C2CCCCC2O)CC1. The molecule has 2 heterocycles. The number of aliphatic hydroxyl groups excluding tert-OH is 1. The molecule has 1 aliphatic carbocycles. The predicted octanol–water partition coefficient (Wildman–Crippen LogP) is 3.15. The van der Waals surface area contributed by atoms with Crippen LogP contribution in [0.15, 0.2) is 12.1 Å². The summed E-state index contributed by atoms with van der Waals surface area (Å²) in [5.74, 6) is -0.00141. The van der Waals surface area contributed by atoms with Gasteiger partial charge in [-0.2, -0.15) is 18.4 Å². The average Bonchev–Trinajstić information content (AvgIpc) is 2.62. The number of nitriles is 1. The lowest BCUT2D eigenvalue weighted by Crippen LogP contribution is -2.50. The molecule has 0 radical (unpaired) electrons. The number of pyridine rings is 1. The first-order valence-corrected chi connectivity index (χ1v) is 9.05. The van der Waals surface area contributed by atoms with Crippen molar-refractivity contribution in [1.29, 1.82) is 5.26 Å². The third-order valence-corrected chi connectivity index (χ3v) is 5.34. The van der Waals surface area contributed by atoms with Crippen molar-refractivity contribution in [2.75, 3.05) is 18.4 Å². The molecule has 1 saturated carbocycles. The molecule has 3 rings (SSSR count). The third kappa shape index (κ3) is 4.27. The van der Waals surface area contributed by atoms with Crippen LogP contribution in [0.4, 0.5) is 19.0 Å². The van der Waals surface area contributed by atoms with Gasteiger partial charge in [-0.3, -0.25) is 4.90 Å². The van der Waals surface area contributed by atoms with E-state index in [9.17, 15) is 18.3 Å². The van der Waals surface area contributed by atoms with E-state index in [0.29, 0.717) is 0 Å². The van der Waals surface area contributed by atoms with Gasteiger partial charge >= 0.3 is 6.18 Å². The molecule has 0 aromatic carbocycles. The quantitative estimate of drug-likeness (QED) is 0.858. The van der Waals surface area contributed by atoms with E-state index < -0.39 is 11.9 Å². The highest BCUT2D eigenvalue weighted by Gasteiger charge is 2.34. The largest absolute Gasteiger partial charge is 0.433 e. The minimum atomic E-state index is -4.54. The summed E-state index contributed by atoms with van der Waals surface area (Å²) in [5.41, 5.74) is -0.884. The maximum Gasteiger partial charge on any atom is 0.433 e. The Morgan fingerprint density at radius 2 is 1.85 bits per heavy atom. The highest BCUT2D eigenvalue weighted by Crippen LogP contribution is 2.30. The van der Waals surface area contributed by atoms with E-state index in [1.807, 2.05) is 6.07 Å². The molecular formula is C18H23F3N4O. The number of hydrogen-bond acceptors (Lipinski definition) is 5. The monoisotopic (exact) mass is 368 g/mol. The Bertz CT molecular complexity index is 665. The van der Waals surface area contributed by atoms with E-state index in [1.165, 1.54) is 0 Å². The zero-order valence-electron chi connectivity index (χ0n) is 14.5. The van der Waals surface area contributed by atoms with Crippen molar-refractivity contribution >= 4 is 5.82 Å². The van der Waals surface area contributed by atoms with Gasteiger partial charge in [-0.05, 0) is 37.8 Å². The summed E-state index contributed by atoms with van der Waals surface area (Å²) in [5, 5.41) is 22.3. The van der Waals surface area contributed by atoms with Crippen molar-refractivity contribution in [3.8, 4) is 6.07 Å². The molecular weight excluding hydrogens is 345 g/mol. The molecule has 2 atom stereocenters. The molecule has 1 aromatic rings. The van der Waals surface area contributed by atoms with Gasteiger partial charge in [-0.15, -0.1) is 0 Å². The predicted molar refractivity (Wildman–Crippen MR) is 90.4 cm³/mol. The summed E-state index contributed by atoms with van der Waals surface area (Å²) < 4.78 is 38.6. The second-order valence-corrected chi connectivity index (χ2v) is 7.08. The molecule has 1 aliphatic heterocycles. The Morgan fingerprint density at radius 1 is 1.15 bits per heavy atom. The smallest absolute Gasteiger partial charge is 0.391 e. The molecule has 0 bridgehead atoms. The number of aliphatic hydroxyl groups is 1. The average molecular weight is 368 g/mol. The van der Waals surface area contributed by atoms with Crippen LogP contribution in [-0.4, -0.2) is 46.3 Å². The normalized spacial score (nSPS) is 25.7. The van der Waals surface area contributed by atoms with E-state index in [1.54, 1.807) is 0 Å². The lowest BCUT2D eigenvalue weighted by molar-refractivity contribution is -0.141. The number of anilines is 1. The summed E-state index contributed by atoms with van der Waals surface area (Å²) in [6.45, 7) is 1.56. The molecule has 2 unspecified atom stereocenters. The number of hydrogen-bond donors (Lipinski definition) is 2. The minimum Gasteiger partial charge on any atom is -0.391 e. The van der Waals surface area contributed by atoms with Gasteiger partial charge in [0, 0.05) is 25.2 Å². The zero-order chi connectivity index (χ0) is 18.7. The van der Waals surface area contributed by atoms with Crippen LogP contribution >= 0.6 is 0 Å². The van der Waals surface area contributed by atoms with E-state index >= 15 is 0 Å². The van der Waals surface area contributed by atoms with E-state index in [4.69, 9.17) is 5.26 Å². The van der Waals surface area contributed by atoms with Crippen molar-refractivity contribution in [2.45, 2.75) is 62.9 Å². The van der Waals surface area contributed by atoms with Gasteiger partial charge in [0.1, 0.15) is 17.6 Å². The summed E-state index contributed by atoms with van der Waals surface area (Å²) in [4.78, 5) is 5.90. The number of alkyl halides is 3. The van der Waals surface area contributed by atoms with Crippen LogP contribution < -0.4 is 5.32 Å². The molecule has 1 saturated heterocycles. The zero-order valence-corrected chi connectivity index (χ0v) is 14.5. The first-order valence-electron chi connectivity index (χ1n) is 9.05. The Labute approximate surface area is 150 Å². The number of nitrogens with zero attached hydrogens (tertiary/aromatic N) is 3. The molecule has 0 spiro atoms. The van der Waals surface area contributed by atoms with Gasteiger partial charge in [-0.25, -0.2) is 4.98 Å². The van der Waals surface area contributed by atoms with Crippen LogP contribution in [0.3, 0.4) is 0 Å². The van der Waals surface area contributed by atoms with E-state index in [-0.39, 0.29) is 29.6 Å². The van der Waals surface area contributed by atoms with Crippen LogP contribution in [0.2, 0.25) is 0 Å². The van der Waals surface area contributed by atoms with Crippen molar-refractivity contribution in [1.82, 2.24) is 9.88 Å². The standard InChI is InChI=1S/C18H23F3N4O/c19-18(20,21)16-6-5-12(11-22)17(24-16)23-13-7-9-25(10-8-13)14-3-1-2-4-15(14)26/h5-6,13-15,26H,1-4,7-10H2,(H,23,24). The maximum atomic E-state index is 12.9. The van der Waals surface area contributed by atoms with Gasteiger partial charge < -0.3 is 10.4 Å². The number of piperidine rings is 1. The number of nitrogens with one attached hydrogen (secondary N) is 1. The number of aromatic nitrogens is 1. The van der Waals surface area contributed by atoms with Crippen LogP contribution in [0.25, 0.3) is 0 Å². The Hall–Kier alpha value is -1.85. The highest BCUT2D eigenvalue weighted by atomic mass is 19.4. The second-order valence-electron chi connectivity index (χ2n) is 7.08. The van der Waals surface area contributed by atoms with Gasteiger partial charge in [0.2, 0.25) is 0 Å². The highest BCUT2D eigenvalue weighted by molar-refractivity contribution is 5.53. The third-order valence-electron chi connectivity index (χ3n) is 5.34. The molecule has 1 aromatic heterocycles. The van der Waals surface area contributed by atoms with Crippen molar-refractivity contribution in [3.05, 3.63) is 23.4 Å². The van der Waals surface area contributed by atoms with Crippen LogP contribution in [-0.2, 0) is 6.18 Å². The van der Waals surface area contributed by atoms with Crippen molar-refractivity contribution < 1.29 is 18.3 Å². The lowest BCUT2D eigenvalue weighted by Gasteiger charge is -2.41. The Kier molecular flexibility index (Phi) is 5.68. The van der Waals surface area contributed by atoms with Crippen LogP contribution in [0.1, 0.15) is 49.8 Å². The van der Waals surface area contributed by atoms with E-state index in [2.05, 4.69) is 15.2 Å². The summed E-state index contributed by atoms with van der Waals surface area (Å²) in [6.07, 6.45) is 0.676. The van der Waals surface area contributed by atoms with E-state index in [0.717, 1.165) is 63.7 Å². The molecule has 142 valence electrons. The molecule has 26 heavy (non-hydrogen) atoms. The number of likely N-dealkylation sites (tertiary alicyclic amines) is 1. The van der Waals surface area contributed by atoms with Gasteiger partial charge in [0.15, 0.2) is 0 Å². The molecule has 8 heteroatoms. The molecule has 0 amide bonds. The van der Waals surface area contributed by atoms with Crippen LogP contribution in [0.5, 0.6) is 0 Å². The summed E-state index contributed by atoms with van der Waals surface area (Å²) >= 11 is 0. The molecule has 5 nitrogen and oxygen atoms in total. The number of halogens is 3. The molecule has 2 aliphatic rings. The summed E-state index contributed by atoms with van der Waals surface area (Å²) in [6, 6.07) is 4.04. The molecule has 2 fully saturated rings. The van der Waals surface area contributed by atoms with Gasteiger partial charge in [-0.1, -0.05) is 12.8 Å². The summed E-state index contributed by atoms with van der Waals surface area (Å²) in [7, 11) is 0. The Morgan fingerprint density at radius 3 is 2.46 bits per heavy atom. The first kappa shape index (κ1) is 18.9.